The second kappa shape index (κ2) is 8.55. The Balaban J connectivity index is 1.46. The topological polar surface area (TPSA) is 94.6 Å². The van der Waals surface area contributed by atoms with E-state index >= 15 is 0 Å². The number of carbonyl (C=O) groups excluding carboxylic acids is 3. The fraction of sp³-hybridized carbons (Fsp3) is 0.400. The number of likely N-dealkylation sites (N-methyl/N-ethyl adjacent to an activating group) is 1. The molecule has 1 saturated heterocycles. The molecule has 1 atom stereocenters. The lowest BCUT2D eigenvalue weighted by atomic mass is 10.0. The number of nitrogens with one attached hydrogen (secondary N) is 1. The first kappa shape index (κ1) is 20.5. The molecule has 1 N–H and O–H groups in total. The van der Waals surface area contributed by atoms with E-state index < -0.39 is 18.0 Å². The van der Waals surface area contributed by atoms with Crippen molar-refractivity contribution in [3.05, 3.63) is 41.1 Å². The van der Waals surface area contributed by atoms with Crippen LogP contribution in [0.1, 0.15) is 0 Å². The van der Waals surface area contributed by atoms with Crippen LogP contribution in [0, 0.1) is 0 Å². The van der Waals surface area contributed by atoms with Gasteiger partial charge in [-0.3, -0.25) is 14.5 Å². The first-order chi connectivity index (χ1) is 14.5. The number of hydrogen-bond donors (Lipinski definition) is 1. The molecule has 0 saturated carbocycles. The number of imide groups is 1. The molecule has 3 aliphatic heterocycles. The van der Waals surface area contributed by atoms with Crippen LogP contribution in [0.3, 0.4) is 0 Å². The highest BCUT2D eigenvalue weighted by atomic mass is 35.5. The molecule has 10 heteroatoms. The number of amides is 4. The Morgan fingerprint density at radius 2 is 1.93 bits per heavy atom. The van der Waals surface area contributed by atoms with Crippen molar-refractivity contribution < 1.29 is 19.1 Å². The van der Waals surface area contributed by atoms with Crippen LogP contribution >= 0.6 is 11.6 Å². The normalized spacial score (nSPS) is 22.0. The maximum Gasteiger partial charge on any atom is 0.355 e. The summed E-state index contributed by atoms with van der Waals surface area (Å²) >= 11 is 5.89. The van der Waals surface area contributed by atoms with Gasteiger partial charge in [-0.2, -0.15) is 4.99 Å². The summed E-state index contributed by atoms with van der Waals surface area (Å²) in [5.74, 6) is -0.806. The molecular formula is C20H22ClN5O4. The van der Waals surface area contributed by atoms with Crippen LogP contribution in [0.25, 0.3) is 0 Å². The molecule has 0 aromatic heterocycles. The number of hydrogen-bond acceptors (Lipinski definition) is 6. The second-order valence-electron chi connectivity index (χ2n) is 7.25. The minimum absolute atomic E-state index is 0.182. The molecule has 0 spiro atoms. The predicted molar refractivity (Wildman–Crippen MR) is 112 cm³/mol. The molecule has 0 bridgehead atoms. The molecule has 1 unspecified atom stereocenters. The van der Waals surface area contributed by atoms with Gasteiger partial charge in [0.1, 0.15) is 0 Å². The monoisotopic (exact) mass is 431 g/mol. The molecule has 30 heavy (non-hydrogen) atoms. The highest BCUT2D eigenvalue weighted by molar-refractivity contribution is 6.39. The van der Waals surface area contributed by atoms with Crippen molar-refractivity contribution >= 4 is 40.8 Å². The van der Waals surface area contributed by atoms with Crippen molar-refractivity contribution in [1.29, 1.82) is 0 Å². The van der Waals surface area contributed by atoms with Crippen molar-refractivity contribution in [3.63, 3.8) is 0 Å². The minimum Gasteiger partial charge on any atom is -0.379 e. The van der Waals surface area contributed by atoms with Crippen molar-refractivity contribution in [2.45, 2.75) is 6.04 Å². The predicted octanol–water partition coefficient (Wildman–Crippen LogP) is 0.894. The van der Waals surface area contributed by atoms with Gasteiger partial charge in [0.2, 0.25) is 0 Å². The molecule has 3 heterocycles. The van der Waals surface area contributed by atoms with Gasteiger partial charge in [0.05, 0.1) is 30.2 Å². The van der Waals surface area contributed by atoms with Gasteiger partial charge < -0.3 is 15.0 Å². The van der Waals surface area contributed by atoms with E-state index in [0.717, 1.165) is 18.0 Å². The highest BCUT2D eigenvalue weighted by Crippen LogP contribution is 2.28. The van der Waals surface area contributed by atoms with E-state index in [9.17, 15) is 14.4 Å². The molecule has 0 radical (unpaired) electrons. The summed E-state index contributed by atoms with van der Waals surface area (Å²) in [6, 6.07) is 4.82. The fourth-order valence-corrected chi connectivity index (χ4v) is 3.84. The van der Waals surface area contributed by atoms with E-state index in [0.29, 0.717) is 37.0 Å². The molecule has 0 aliphatic carbocycles. The third-order valence-electron chi connectivity index (χ3n) is 5.28. The van der Waals surface area contributed by atoms with E-state index in [1.165, 1.54) is 0 Å². The average molecular weight is 432 g/mol. The van der Waals surface area contributed by atoms with Gasteiger partial charge in [0, 0.05) is 44.4 Å². The van der Waals surface area contributed by atoms with Gasteiger partial charge in [-0.05, 0) is 24.3 Å². The van der Waals surface area contributed by atoms with E-state index in [-0.39, 0.29) is 17.2 Å². The van der Waals surface area contributed by atoms with Gasteiger partial charge in [-0.15, -0.1) is 0 Å². The van der Waals surface area contributed by atoms with Crippen LogP contribution in [0.5, 0.6) is 0 Å². The molecule has 158 valence electrons. The number of nitrogens with zero attached hydrogens (tertiary/aromatic N) is 4. The largest absolute Gasteiger partial charge is 0.379 e. The number of morpholine rings is 1. The van der Waals surface area contributed by atoms with Crippen LogP contribution in [0.15, 0.2) is 41.0 Å². The summed E-state index contributed by atoms with van der Waals surface area (Å²) in [4.78, 5) is 47.3. The van der Waals surface area contributed by atoms with Crippen molar-refractivity contribution in [1.82, 2.24) is 15.1 Å². The van der Waals surface area contributed by atoms with Crippen LogP contribution < -0.4 is 10.2 Å². The summed E-state index contributed by atoms with van der Waals surface area (Å²) in [7, 11) is 1.68. The third kappa shape index (κ3) is 3.96. The van der Waals surface area contributed by atoms with E-state index in [1.807, 2.05) is 0 Å². The molecule has 1 fully saturated rings. The molecule has 4 rings (SSSR count). The van der Waals surface area contributed by atoms with Crippen molar-refractivity contribution in [2.24, 2.45) is 4.99 Å². The smallest absolute Gasteiger partial charge is 0.355 e. The summed E-state index contributed by atoms with van der Waals surface area (Å²) in [6.45, 7) is 4.21. The average Bonchev–Trinajstić information content (AvgIpc) is 3.06. The summed E-state index contributed by atoms with van der Waals surface area (Å²) < 4.78 is 5.31. The van der Waals surface area contributed by atoms with E-state index in [1.54, 1.807) is 42.4 Å². The fourth-order valence-electron chi connectivity index (χ4n) is 3.72. The number of halogens is 1. The van der Waals surface area contributed by atoms with Crippen LogP contribution in [-0.2, 0) is 14.3 Å². The van der Waals surface area contributed by atoms with Gasteiger partial charge in [-0.25, -0.2) is 9.69 Å². The zero-order valence-corrected chi connectivity index (χ0v) is 17.3. The summed E-state index contributed by atoms with van der Waals surface area (Å²) in [5.41, 5.74) is 0.803. The Bertz CT molecular complexity index is 924. The summed E-state index contributed by atoms with van der Waals surface area (Å²) in [6.07, 6.45) is 1.56. The van der Waals surface area contributed by atoms with Crippen LogP contribution in [-0.4, -0.2) is 85.8 Å². The number of anilines is 1. The van der Waals surface area contributed by atoms with E-state index in [2.05, 4.69) is 15.2 Å². The molecule has 4 amide bonds. The maximum absolute atomic E-state index is 13.1. The van der Waals surface area contributed by atoms with Crippen LogP contribution in [0.4, 0.5) is 10.5 Å². The standard InChI is InChI=1S/C20H22ClN5O4/c1-24-12-15(18(27)22-6-7-25-8-10-30-11-9-25)16-17(24)19(28)26(20(29)23-16)14-4-2-13(21)3-5-14/h2-5,12,17H,6-11H2,1H3,(H,22,27). The van der Waals surface area contributed by atoms with Gasteiger partial charge >= 0.3 is 6.03 Å². The molecule has 3 aliphatic rings. The van der Waals surface area contributed by atoms with E-state index in [4.69, 9.17) is 16.3 Å². The van der Waals surface area contributed by atoms with Gasteiger partial charge in [-0.1, -0.05) is 11.6 Å². The number of ether oxygens (including phenoxy) is 1. The quantitative estimate of drug-likeness (QED) is 0.744. The van der Waals surface area contributed by atoms with Crippen LogP contribution in [0.2, 0.25) is 5.02 Å². The Morgan fingerprint density at radius 3 is 2.63 bits per heavy atom. The molecule has 1 aromatic carbocycles. The highest BCUT2D eigenvalue weighted by Gasteiger charge is 2.46. The maximum atomic E-state index is 13.1. The first-order valence-electron chi connectivity index (χ1n) is 9.70. The summed E-state index contributed by atoms with van der Waals surface area (Å²) in [5, 5.41) is 3.35. The Morgan fingerprint density at radius 1 is 1.23 bits per heavy atom. The zero-order chi connectivity index (χ0) is 21.3. The van der Waals surface area contributed by atoms with Crippen molar-refractivity contribution in [2.75, 3.05) is 51.3 Å². The Labute approximate surface area is 178 Å². The Kier molecular flexibility index (Phi) is 5.85. The lowest BCUT2D eigenvalue weighted by Gasteiger charge is -2.30. The lowest BCUT2D eigenvalue weighted by molar-refractivity contribution is -0.120. The second-order valence-corrected chi connectivity index (χ2v) is 7.69. The van der Waals surface area contributed by atoms with Gasteiger partial charge in [0.25, 0.3) is 11.8 Å². The first-order valence-corrected chi connectivity index (χ1v) is 10.1. The number of urea groups is 1. The zero-order valence-electron chi connectivity index (χ0n) is 16.5. The molecule has 1 aromatic rings. The molecular weight excluding hydrogens is 410 g/mol. The number of aliphatic imine (C=N–C) groups is 1. The SMILES string of the molecule is CN1C=C(C(=O)NCCN2CCOCC2)C2=NC(=O)N(c3ccc(Cl)cc3)C(=O)C21. The molecule has 9 nitrogen and oxygen atoms in total. The Hall–Kier alpha value is -2.75. The number of rotatable bonds is 5. The lowest BCUT2D eigenvalue weighted by Crippen LogP contribution is -2.54. The number of fused-ring (bicyclic) bond motifs is 1. The van der Waals surface area contributed by atoms with Crippen molar-refractivity contribution in [3.8, 4) is 0 Å². The minimum atomic E-state index is -0.821. The third-order valence-corrected chi connectivity index (χ3v) is 5.54. The number of benzene rings is 1. The number of carbonyl (C=O) groups is 3. The van der Waals surface area contributed by atoms with Gasteiger partial charge in [0.15, 0.2) is 6.04 Å².